The van der Waals surface area contributed by atoms with Crippen LogP contribution in [0.5, 0.6) is 0 Å². The molecule has 3 aromatic rings. The minimum absolute atomic E-state index is 0.00245. The number of fused-ring (bicyclic) bond motifs is 1. The number of benzene rings is 1. The summed E-state index contributed by atoms with van der Waals surface area (Å²) in [5, 5.41) is 8.72. The number of amides is 2. The van der Waals surface area contributed by atoms with Crippen LogP contribution in [0.25, 0.3) is 0 Å². The van der Waals surface area contributed by atoms with Crippen LogP contribution in [0.2, 0.25) is 0 Å². The number of nitrogens with one attached hydrogen (secondary N) is 2. The van der Waals surface area contributed by atoms with Gasteiger partial charge in [0.05, 0.1) is 9.88 Å². The molecule has 3 heterocycles. The fraction of sp³-hybridized carbons (Fsp3) is 0.200. The Bertz CT molecular complexity index is 972. The first kappa shape index (κ1) is 17.0. The van der Waals surface area contributed by atoms with Crippen molar-refractivity contribution in [3.8, 4) is 0 Å². The van der Waals surface area contributed by atoms with E-state index in [1.807, 2.05) is 49.6 Å². The molecule has 1 atom stereocenters. The lowest BCUT2D eigenvalue weighted by molar-refractivity contribution is -0.116. The van der Waals surface area contributed by atoms with Crippen molar-refractivity contribution in [2.24, 2.45) is 0 Å². The number of carbonyl (C=O) groups excluding carboxylic acids is 2. The zero-order valence-electron chi connectivity index (χ0n) is 14.5. The van der Waals surface area contributed by atoms with E-state index in [4.69, 9.17) is 0 Å². The number of hydrogen-bond acceptors (Lipinski definition) is 4. The van der Waals surface area contributed by atoms with Crippen LogP contribution < -0.4 is 10.6 Å². The fourth-order valence-electron chi connectivity index (χ4n) is 3.28. The maximum Gasteiger partial charge on any atom is 0.266 e. The number of aryl methyl sites for hydroxylation is 1. The van der Waals surface area contributed by atoms with Crippen molar-refractivity contribution in [2.45, 2.75) is 26.2 Å². The monoisotopic (exact) mass is 382 g/mol. The van der Waals surface area contributed by atoms with Crippen LogP contribution in [0.1, 0.15) is 43.6 Å². The first-order valence-corrected chi connectivity index (χ1v) is 10.1. The van der Waals surface area contributed by atoms with Gasteiger partial charge in [-0.15, -0.1) is 22.7 Å². The van der Waals surface area contributed by atoms with E-state index in [2.05, 4.69) is 16.7 Å². The van der Waals surface area contributed by atoms with E-state index in [0.717, 1.165) is 32.3 Å². The molecule has 2 aromatic heterocycles. The SMILES string of the molecule is Cc1ccc(NC(=O)c2sc3c(c2C)C(c2cccs2)CC(=O)N3)cc1. The number of hydrogen-bond donors (Lipinski definition) is 2. The van der Waals surface area contributed by atoms with Crippen molar-refractivity contribution in [3.05, 3.63) is 68.2 Å². The van der Waals surface area contributed by atoms with Gasteiger partial charge in [-0.3, -0.25) is 9.59 Å². The van der Waals surface area contributed by atoms with Crippen LogP contribution >= 0.6 is 22.7 Å². The molecule has 26 heavy (non-hydrogen) atoms. The predicted molar refractivity (Wildman–Crippen MR) is 108 cm³/mol. The molecule has 1 unspecified atom stereocenters. The molecule has 6 heteroatoms. The summed E-state index contributed by atoms with van der Waals surface area (Å²) >= 11 is 3.01. The molecule has 0 fully saturated rings. The van der Waals surface area contributed by atoms with Crippen molar-refractivity contribution in [2.75, 3.05) is 10.6 Å². The van der Waals surface area contributed by atoms with Crippen molar-refractivity contribution >= 4 is 45.2 Å². The van der Waals surface area contributed by atoms with Gasteiger partial charge in [-0.2, -0.15) is 0 Å². The summed E-state index contributed by atoms with van der Waals surface area (Å²) in [6.45, 7) is 3.98. The zero-order chi connectivity index (χ0) is 18.3. The lowest BCUT2D eigenvalue weighted by Crippen LogP contribution is -2.22. The van der Waals surface area contributed by atoms with Crippen LogP contribution in [0.15, 0.2) is 41.8 Å². The third kappa shape index (κ3) is 3.06. The highest BCUT2D eigenvalue weighted by molar-refractivity contribution is 7.18. The van der Waals surface area contributed by atoms with E-state index in [1.54, 1.807) is 11.3 Å². The number of anilines is 2. The Labute approximate surface area is 159 Å². The Kier molecular flexibility index (Phi) is 4.38. The van der Waals surface area contributed by atoms with E-state index < -0.39 is 0 Å². The van der Waals surface area contributed by atoms with Gasteiger partial charge in [0.25, 0.3) is 5.91 Å². The maximum atomic E-state index is 12.8. The summed E-state index contributed by atoms with van der Waals surface area (Å²) in [6.07, 6.45) is 0.421. The number of rotatable bonds is 3. The van der Waals surface area contributed by atoms with Gasteiger partial charge in [0.2, 0.25) is 5.91 Å². The molecule has 0 spiro atoms. The van der Waals surface area contributed by atoms with Gasteiger partial charge in [-0.1, -0.05) is 23.8 Å². The normalized spacial score (nSPS) is 16.1. The average Bonchev–Trinajstić information content (AvgIpc) is 3.25. The molecule has 2 N–H and O–H groups in total. The third-order valence-electron chi connectivity index (χ3n) is 4.59. The molecule has 4 nitrogen and oxygen atoms in total. The summed E-state index contributed by atoms with van der Waals surface area (Å²) in [5.41, 5.74) is 3.94. The molecule has 0 saturated carbocycles. The maximum absolute atomic E-state index is 12.8. The van der Waals surface area contributed by atoms with Crippen molar-refractivity contribution in [1.82, 2.24) is 0 Å². The largest absolute Gasteiger partial charge is 0.321 e. The van der Waals surface area contributed by atoms with Crippen LogP contribution in [0.4, 0.5) is 10.7 Å². The van der Waals surface area contributed by atoms with Crippen LogP contribution in [-0.2, 0) is 4.79 Å². The van der Waals surface area contributed by atoms with E-state index in [1.165, 1.54) is 11.3 Å². The Morgan fingerprint density at radius 3 is 2.65 bits per heavy atom. The second-order valence-electron chi connectivity index (χ2n) is 6.44. The first-order chi connectivity index (χ1) is 12.5. The topological polar surface area (TPSA) is 58.2 Å². The Morgan fingerprint density at radius 1 is 1.19 bits per heavy atom. The van der Waals surface area contributed by atoms with Crippen LogP contribution in [0, 0.1) is 13.8 Å². The van der Waals surface area contributed by atoms with E-state index in [9.17, 15) is 9.59 Å². The standard InChI is InChI=1S/C20H18N2O2S2/c1-11-5-7-13(8-6-11)21-19(24)18-12(2)17-14(15-4-3-9-25-15)10-16(23)22-20(17)26-18/h3-9,14H,10H2,1-2H3,(H,21,24)(H,22,23). The molecular formula is C20H18N2O2S2. The Morgan fingerprint density at radius 2 is 1.96 bits per heavy atom. The number of thiophene rings is 2. The zero-order valence-corrected chi connectivity index (χ0v) is 16.1. The summed E-state index contributed by atoms with van der Waals surface area (Å²) in [6, 6.07) is 11.8. The van der Waals surface area contributed by atoms with Crippen molar-refractivity contribution < 1.29 is 9.59 Å². The van der Waals surface area contributed by atoms with Crippen molar-refractivity contribution in [3.63, 3.8) is 0 Å². The van der Waals surface area contributed by atoms with Crippen LogP contribution in [0.3, 0.4) is 0 Å². The molecule has 1 aliphatic rings. The van der Waals surface area contributed by atoms with Gasteiger partial charge in [-0.25, -0.2) is 0 Å². The van der Waals surface area contributed by atoms with Crippen LogP contribution in [-0.4, -0.2) is 11.8 Å². The van der Waals surface area contributed by atoms with E-state index in [0.29, 0.717) is 11.3 Å². The number of carbonyl (C=O) groups is 2. The van der Waals surface area contributed by atoms with E-state index in [-0.39, 0.29) is 17.7 Å². The predicted octanol–water partition coefficient (Wildman–Crippen LogP) is 5.15. The molecule has 2 amide bonds. The minimum atomic E-state index is -0.134. The fourth-order valence-corrected chi connectivity index (χ4v) is 5.30. The first-order valence-electron chi connectivity index (χ1n) is 8.37. The average molecular weight is 383 g/mol. The second kappa shape index (κ2) is 6.70. The highest BCUT2D eigenvalue weighted by Gasteiger charge is 2.33. The molecular weight excluding hydrogens is 364 g/mol. The molecule has 132 valence electrons. The van der Waals surface area contributed by atoms with Gasteiger partial charge in [0.1, 0.15) is 0 Å². The van der Waals surface area contributed by atoms with E-state index >= 15 is 0 Å². The summed E-state index contributed by atoms with van der Waals surface area (Å²) in [7, 11) is 0. The molecule has 0 aliphatic carbocycles. The summed E-state index contributed by atoms with van der Waals surface area (Å²) in [5.74, 6) is -0.108. The second-order valence-corrected chi connectivity index (χ2v) is 8.44. The van der Waals surface area contributed by atoms with Gasteiger partial charge in [0.15, 0.2) is 0 Å². The quantitative estimate of drug-likeness (QED) is 0.658. The lowest BCUT2D eigenvalue weighted by atomic mass is 9.89. The lowest BCUT2D eigenvalue weighted by Gasteiger charge is -2.22. The molecule has 4 rings (SSSR count). The van der Waals surface area contributed by atoms with Gasteiger partial charge < -0.3 is 10.6 Å². The van der Waals surface area contributed by atoms with Gasteiger partial charge in [-0.05, 0) is 48.6 Å². The highest BCUT2D eigenvalue weighted by Crippen LogP contribution is 2.46. The summed E-state index contributed by atoms with van der Waals surface area (Å²) in [4.78, 5) is 26.8. The Balaban J connectivity index is 1.69. The molecule has 1 aromatic carbocycles. The smallest absolute Gasteiger partial charge is 0.266 e. The molecule has 0 saturated heterocycles. The van der Waals surface area contributed by atoms with Crippen molar-refractivity contribution in [1.29, 1.82) is 0 Å². The highest BCUT2D eigenvalue weighted by atomic mass is 32.1. The molecule has 0 bridgehead atoms. The minimum Gasteiger partial charge on any atom is -0.321 e. The van der Waals surface area contributed by atoms with Gasteiger partial charge in [0, 0.05) is 22.9 Å². The third-order valence-corrected chi connectivity index (χ3v) is 6.79. The van der Waals surface area contributed by atoms with Gasteiger partial charge >= 0.3 is 0 Å². The molecule has 0 radical (unpaired) electrons. The molecule has 1 aliphatic heterocycles. The Hall–Kier alpha value is -2.44. The summed E-state index contributed by atoms with van der Waals surface area (Å²) < 4.78 is 0.